The number of ether oxygens (including phenoxy) is 1. The second-order valence-electron chi connectivity index (χ2n) is 8.85. The fraction of sp³-hybridized carbons (Fsp3) is 0.310. The first-order valence-corrected chi connectivity index (χ1v) is 12.3. The van der Waals surface area contributed by atoms with Crippen molar-refractivity contribution in [2.24, 2.45) is 0 Å². The summed E-state index contributed by atoms with van der Waals surface area (Å²) in [6.07, 6.45) is 0.722. The summed E-state index contributed by atoms with van der Waals surface area (Å²) in [4.78, 5) is 32.3. The molecule has 190 valence electrons. The Labute approximate surface area is 216 Å². The molecule has 1 aliphatic heterocycles. The van der Waals surface area contributed by atoms with Crippen molar-refractivity contribution in [3.63, 3.8) is 0 Å². The van der Waals surface area contributed by atoms with Crippen molar-refractivity contribution >= 4 is 11.8 Å². The van der Waals surface area contributed by atoms with Crippen LogP contribution in [0.5, 0.6) is 0 Å². The Kier molecular flexibility index (Phi) is 8.29. The van der Waals surface area contributed by atoms with E-state index in [-0.39, 0.29) is 30.2 Å². The maximum absolute atomic E-state index is 13.0. The van der Waals surface area contributed by atoms with Gasteiger partial charge in [-0.25, -0.2) is 4.98 Å². The molecule has 1 aromatic heterocycles. The molecular formula is C29H30N4O4. The summed E-state index contributed by atoms with van der Waals surface area (Å²) < 4.78 is 5.04. The third-order valence-electron chi connectivity index (χ3n) is 6.53. The fourth-order valence-electron chi connectivity index (χ4n) is 4.72. The summed E-state index contributed by atoms with van der Waals surface area (Å²) in [7, 11) is 1.57. The summed E-state index contributed by atoms with van der Waals surface area (Å²) in [5.41, 5.74) is 5.87. The number of hydrogen-bond acceptors (Lipinski definition) is 6. The smallest absolute Gasteiger partial charge is 0.269 e. The van der Waals surface area contributed by atoms with Gasteiger partial charge in [-0.2, -0.15) is 5.26 Å². The highest BCUT2D eigenvalue weighted by Gasteiger charge is 2.36. The zero-order valence-corrected chi connectivity index (χ0v) is 21.0. The van der Waals surface area contributed by atoms with Crippen molar-refractivity contribution < 1.29 is 19.4 Å². The highest BCUT2D eigenvalue weighted by molar-refractivity contribution is 5.94. The van der Waals surface area contributed by atoms with Crippen molar-refractivity contribution in [2.45, 2.75) is 32.4 Å². The molecule has 0 fully saturated rings. The van der Waals surface area contributed by atoms with Crippen molar-refractivity contribution in [1.82, 2.24) is 15.2 Å². The topological polar surface area (TPSA) is 116 Å². The van der Waals surface area contributed by atoms with Gasteiger partial charge in [0.2, 0.25) is 5.91 Å². The second kappa shape index (κ2) is 11.8. The molecule has 0 aliphatic carbocycles. The van der Waals surface area contributed by atoms with Crippen LogP contribution in [0.25, 0.3) is 22.4 Å². The van der Waals surface area contributed by atoms with E-state index in [0.29, 0.717) is 43.8 Å². The first kappa shape index (κ1) is 26.0. The van der Waals surface area contributed by atoms with Crippen LogP contribution < -0.4 is 5.32 Å². The standard InChI is InChI=1S/C29H30N4O4/c1-3-26(35)33-18-23-16-24(29(36)31-12-14-37-2)32-28(27(23)25(33)11-13-34)22-6-4-5-21(15-22)20-9-7-19(17-30)8-10-20/h4-10,15-16,25,34H,3,11-14,18H2,1-2H3,(H,31,36)/t25-/m1/s1. The number of aromatic nitrogens is 1. The molecule has 4 rings (SSSR count). The number of methoxy groups -OCH3 is 1. The quantitative estimate of drug-likeness (QED) is 0.433. The number of nitrogens with one attached hydrogen (secondary N) is 1. The van der Waals surface area contributed by atoms with Gasteiger partial charge in [0, 0.05) is 44.4 Å². The van der Waals surface area contributed by atoms with E-state index >= 15 is 0 Å². The molecule has 0 saturated carbocycles. The Bertz CT molecular complexity index is 1330. The molecule has 8 nitrogen and oxygen atoms in total. The molecule has 1 aliphatic rings. The maximum atomic E-state index is 13.0. The van der Waals surface area contributed by atoms with E-state index in [0.717, 1.165) is 27.8 Å². The minimum Gasteiger partial charge on any atom is -0.396 e. The molecule has 2 amide bonds. The van der Waals surface area contributed by atoms with Crippen LogP contribution in [0.4, 0.5) is 0 Å². The number of nitrogens with zero attached hydrogens (tertiary/aromatic N) is 3. The number of aliphatic hydroxyl groups excluding tert-OH is 1. The van der Waals surface area contributed by atoms with Gasteiger partial charge in [0.15, 0.2) is 0 Å². The van der Waals surface area contributed by atoms with Crippen LogP contribution in [0.2, 0.25) is 0 Å². The second-order valence-corrected chi connectivity index (χ2v) is 8.85. The number of aliphatic hydroxyl groups is 1. The highest BCUT2D eigenvalue weighted by Crippen LogP contribution is 2.42. The summed E-state index contributed by atoms with van der Waals surface area (Å²) in [6.45, 7) is 2.83. The molecule has 0 saturated heterocycles. The van der Waals surface area contributed by atoms with E-state index in [2.05, 4.69) is 11.4 Å². The van der Waals surface area contributed by atoms with Crippen LogP contribution in [0, 0.1) is 11.3 Å². The molecule has 8 heteroatoms. The van der Waals surface area contributed by atoms with Gasteiger partial charge in [-0.1, -0.05) is 37.3 Å². The molecular weight excluding hydrogens is 468 g/mol. The Morgan fingerprint density at radius 3 is 2.59 bits per heavy atom. The first-order chi connectivity index (χ1) is 18.0. The Balaban J connectivity index is 1.83. The van der Waals surface area contributed by atoms with E-state index < -0.39 is 0 Å². The van der Waals surface area contributed by atoms with Crippen LogP contribution in [-0.2, 0) is 16.1 Å². The SMILES string of the molecule is CCC(=O)N1Cc2cc(C(=O)NCCOC)nc(-c3cccc(-c4ccc(C#N)cc4)c3)c2[C@H]1CCO. The predicted molar refractivity (Wildman–Crippen MR) is 139 cm³/mol. The summed E-state index contributed by atoms with van der Waals surface area (Å²) in [5, 5.41) is 21.8. The molecule has 2 aromatic carbocycles. The Morgan fingerprint density at radius 2 is 1.92 bits per heavy atom. The number of amides is 2. The predicted octanol–water partition coefficient (Wildman–Crippen LogP) is 3.84. The molecule has 2 N–H and O–H groups in total. The molecule has 3 aromatic rings. The van der Waals surface area contributed by atoms with Crippen molar-refractivity contribution in [1.29, 1.82) is 5.26 Å². The average Bonchev–Trinajstić information content (AvgIpc) is 3.30. The van der Waals surface area contributed by atoms with Gasteiger partial charge in [0.05, 0.1) is 30.0 Å². The molecule has 37 heavy (non-hydrogen) atoms. The third-order valence-corrected chi connectivity index (χ3v) is 6.53. The fourth-order valence-corrected chi connectivity index (χ4v) is 4.72. The van der Waals surface area contributed by atoms with Gasteiger partial charge >= 0.3 is 0 Å². The summed E-state index contributed by atoms with van der Waals surface area (Å²) in [6, 6.07) is 18.7. The number of rotatable bonds is 9. The summed E-state index contributed by atoms with van der Waals surface area (Å²) in [5.74, 6) is -0.332. The van der Waals surface area contributed by atoms with E-state index in [1.165, 1.54) is 0 Å². The van der Waals surface area contributed by atoms with E-state index in [9.17, 15) is 14.7 Å². The molecule has 0 bridgehead atoms. The normalized spacial score (nSPS) is 14.2. The van der Waals surface area contributed by atoms with Crippen LogP contribution >= 0.6 is 0 Å². The molecule has 0 radical (unpaired) electrons. The number of nitriles is 1. The zero-order valence-electron chi connectivity index (χ0n) is 21.0. The lowest BCUT2D eigenvalue weighted by molar-refractivity contribution is -0.133. The van der Waals surface area contributed by atoms with E-state index in [4.69, 9.17) is 15.0 Å². The average molecular weight is 499 g/mol. The largest absolute Gasteiger partial charge is 0.396 e. The lowest BCUT2D eigenvalue weighted by Crippen LogP contribution is -2.29. The van der Waals surface area contributed by atoms with Crippen molar-refractivity contribution in [3.8, 4) is 28.5 Å². The molecule has 0 spiro atoms. The summed E-state index contributed by atoms with van der Waals surface area (Å²) >= 11 is 0. The number of pyridine rings is 1. The number of fused-ring (bicyclic) bond motifs is 1. The Morgan fingerprint density at radius 1 is 1.16 bits per heavy atom. The minimum absolute atomic E-state index is 0.0157. The number of hydrogen-bond donors (Lipinski definition) is 2. The van der Waals surface area contributed by atoms with Gasteiger partial charge in [-0.05, 0) is 47.4 Å². The maximum Gasteiger partial charge on any atom is 0.269 e. The lowest BCUT2D eigenvalue weighted by atomic mass is 9.93. The minimum atomic E-state index is -0.334. The van der Waals surface area contributed by atoms with Gasteiger partial charge in [0.1, 0.15) is 5.69 Å². The zero-order chi connectivity index (χ0) is 26.4. The lowest BCUT2D eigenvalue weighted by Gasteiger charge is -2.25. The monoisotopic (exact) mass is 498 g/mol. The van der Waals surface area contributed by atoms with E-state index in [1.807, 2.05) is 43.3 Å². The number of carbonyl (C=O) groups is 2. The van der Waals surface area contributed by atoms with Crippen LogP contribution in [-0.4, -0.2) is 53.7 Å². The van der Waals surface area contributed by atoms with Gasteiger partial charge in [0.25, 0.3) is 5.91 Å². The molecule has 0 unspecified atom stereocenters. The highest BCUT2D eigenvalue weighted by atomic mass is 16.5. The van der Waals surface area contributed by atoms with Crippen LogP contribution in [0.3, 0.4) is 0 Å². The van der Waals surface area contributed by atoms with Crippen LogP contribution in [0.1, 0.15) is 53.0 Å². The van der Waals surface area contributed by atoms with E-state index in [1.54, 1.807) is 30.2 Å². The number of carbonyl (C=O) groups excluding carboxylic acids is 2. The molecule has 2 heterocycles. The van der Waals surface area contributed by atoms with Crippen molar-refractivity contribution in [2.75, 3.05) is 26.9 Å². The van der Waals surface area contributed by atoms with Crippen molar-refractivity contribution in [3.05, 3.63) is 77.0 Å². The molecule has 1 atom stereocenters. The van der Waals surface area contributed by atoms with Gasteiger partial charge in [-0.3, -0.25) is 9.59 Å². The first-order valence-electron chi connectivity index (χ1n) is 12.3. The van der Waals surface area contributed by atoms with Crippen LogP contribution in [0.15, 0.2) is 54.6 Å². The van der Waals surface area contributed by atoms with Gasteiger partial charge in [-0.15, -0.1) is 0 Å². The Hall–Kier alpha value is -4.06. The van der Waals surface area contributed by atoms with Gasteiger partial charge < -0.3 is 20.1 Å². The third kappa shape index (κ3) is 5.53. The number of benzene rings is 2.